The fourth-order valence-corrected chi connectivity index (χ4v) is 3.15. The van der Waals surface area contributed by atoms with Gasteiger partial charge >= 0.3 is 0 Å². The topological polar surface area (TPSA) is 74.8 Å². The van der Waals surface area contributed by atoms with E-state index in [1.807, 2.05) is 31.2 Å². The molecule has 0 saturated carbocycles. The first-order valence-electron chi connectivity index (χ1n) is 9.75. The number of ether oxygens (including phenoxy) is 1. The molecule has 1 unspecified atom stereocenters. The third-order valence-corrected chi connectivity index (χ3v) is 4.91. The monoisotopic (exact) mass is 526 g/mol. The van der Waals surface area contributed by atoms with Crippen molar-refractivity contribution in [3.05, 3.63) is 58.9 Å². The number of anilines is 1. The molecule has 0 saturated heterocycles. The minimum Gasteiger partial charge on any atom is -0.492 e. The lowest BCUT2D eigenvalue weighted by Gasteiger charge is -2.19. The summed E-state index contributed by atoms with van der Waals surface area (Å²) in [6, 6.07) is 10.8. The lowest BCUT2D eigenvalue weighted by atomic mass is 10.0. The predicted octanol–water partition coefficient (Wildman–Crippen LogP) is 3.94. The lowest BCUT2D eigenvalue weighted by molar-refractivity contribution is -0.116. The van der Waals surface area contributed by atoms with Crippen molar-refractivity contribution in [3.63, 3.8) is 0 Å². The molecule has 1 amide bonds. The van der Waals surface area contributed by atoms with E-state index < -0.39 is 0 Å². The number of aryl methyl sites for hydroxylation is 2. The molecule has 0 aromatic heterocycles. The summed E-state index contributed by atoms with van der Waals surface area (Å²) < 4.78 is 19.6. The summed E-state index contributed by atoms with van der Waals surface area (Å²) in [6.07, 6.45) is 1.23. The number of aliphatic imine (C=N–C) groups is 1. The first kappa shape index (κ1) is 23.9. The fraction of sp³-hybridized carbons (Fsp3) is 0.364. The zero-order valence-corrected chi connectivity index (χ0v) is 19.8. The number of nitrogens with zero attached hydrogens (tertiary/aromatic N) is 1. The number of fused-ring (bicyclic) bond motifs is 1. The molecular formula is C22H28FIN4O2. The molecule has 0 radical (unpaired) electrons. The highest BCUT2D eigenvalue weighted by Crippen LogP contribution is 2.26. The van der Waals surface area contributed by atoms with Crippen LogP contribution >= 0.6 is 24.0 Å². The second-order valence-corrected chi connectivity index (χ2v) is 7.09. The van der Waals surface area contributed by atoms with E-state index in [1.165, 1.54) is 0 Å². The predicted molar refractivity (Wildman–Crippen MR) is 128 cm³/mol. The molecule has 2 aromatic rings. The summed E-state index contributed by atoms with van der Waals surface area (Å²) in [4.78, 5) is 15.6. The van der Waals surface area contributed by atoms with Gasteiger partial charge in [0.15, 0.2) is 5.96 Å². The van der Waals surface area contributed by atoms with Crippen molar-refractivity contribution in [3.8, 4) is 5.75 Å². The highest BCUT2D eigenvalue weighted by molar-refractivity contribution is 14.0. The van der Waals surface area contributed by atoms with Gasteiger partial charge in [-0.2, -0.15) is 0 Å². The van der Waals surface area contributed by atoms with Crippen molar-refractivity contribution in [2.45, 2.75) is 32.7 Å². The number of rotatable bonds is 6. The van der Waals surface area contributed by atoms with Crippen LogP contribution in [0.4, 0.5) is 10.1 Å². The molecular weight excluding hydrogens is 498 g/mol. The van der Waals surface area contributed by atoms with Gasteiger partial charge in [-0.3, -0.25) is 9.79 Å². The SMILES string of the molecule is CN=C(NCCOc1ccc2c(c1)CCC(=O)N2)NC(C)c1ccc(C)c(F)c1.I. The zero-order valence-electron chi connectivity index (χ0n) is 17.4. The van der Waals surface area contributed by atoms with Gasteiger partial charge in [0.25, 0.3) is 0 Å². The van der Waals surface area contributed by atoms with E-state index in [9.17, 15) is 9.18 Å². The molecule has 0 fully saturated rings. The van der Waals surface area contributed by atoms with Gasteiger partial charge in [0.05, 0.1) is 12.6 Å². The average Bonchev–Trinajstić information content (AvgIpc) is 2.72. The molecule has 3 rings (SSSR count). The summed E-state index contributed by atoms with van der Waals surface area (Å²) >= 11 is 0. The van der Waals surface area contributed by atoms with Crippen molar-refractivity contribution in [1.82, 2.24) is 10.6 Å². The minimum absolute atomic E-state index is 0. The maximum atomic E-state index is 13.8. The maximum Gasteiger partial charge on any atom is 0.224 e. The summed E-state index contributed by atoms with van der Waals surface area (Å²) in [7, 11) is 1.69. The third-order valence-electron chi connectivity index (χ3n) is 4.91. The van der Waals surface area contributed by atoms with Crippen LogP contribution in [0.2, 0.25) is 0 Å². The Bertz CT molecular complexity index is 920. The van der Waals surface area contributed by atoms with Gasteiger partial charge in [-0.05, 0) is 61.2 Å². The number of halogens is 2. The molecule has 30 heavy (non-hydrogen) atoms. The normalized spacial score (nSPS) is 14.1. The van der Waals surface area contributed by atoms with Crippen LogP contribution in [0.15, 0.2) is 41.4 Å². The molecule has 3 N–H and O–H groups in total. The fourth-order valence-electron chi connectivity index (χ4n) is 3.15. The van der Waals surface area contributed by atoms with Gasteiger partial charge in [-0.25, -0.2) is 4.39 Å². The zero-order chi connectivity index (χ0) is 20.8. The number of amides is 1. The highest BCUT2D eigenvalue weighted by Gasteiger charge is 2.15. The van der Waals surface area contributed by atoms with Gasteiger partial charge in [-0.15, -0.1) is 24.0 Å². The van der Waals surface area contributed by atoms with Crippen molar-refractivity contribution in [2.75, 3.05) is 25.5 Å². The van der Waals surface area contributed by atoms with E-state index in [4.69, 9.17) is 4.74 Å². The van der Waals surface area contributed by atoms with Gasteiger partial charge in [0.1, 0.15) is 18.2 Å². The standard InChI is InChI=1S/C22H27FN4O2.HI/c1-14-4-5-16(13-19(14)23)15(2)26-22(24-3)25-10-11-29-18-7-8-20-17(12-18)6-9-21(28)27-20;/h4-5,7-8,12-13,15H,6,9-11H2,1-3H3,(H,27,28)(H2,24,25,26);1H. The molecule has 1 heterocycles. The van der Waals surface area contributed by atoms with Crippen LogP contribution < -0.4 is 20.7 Å². The van der Waals surface area contributed by atoms with E-state index in [2.05, 4.69) is 20.9 Å². The molecule has 1 aliphatic rings. The molecule has 1 aliphatic heterocycles. The van der Waals surface area contributed by atoms with E-state index in [-0.39, 0.29) is 41.7 Å². The first-order chi connectivity index (χ1) is 14.0. The lowest BCUT2D eigenvalue weighted by Crippen LogP contribution is -2.40. The van der Waals surface area contributed by atoms with E-state index in [0.717, 1.165) is 29.0 Å². The number of guanidine groups is 1. The summed E-state index contributed by atoms with van der Waals surface area (Å²) in [6.45, 7) is 4.72. The van der Waals surface area contributed by atoms with Gasteiger partial charge in [-0.1, -0.05) is 12.1 Å². The first-order valence-corrected chi connectivity index (χ1v) is 9.75. The Labute approximate surface area is 193 Å². The van der Waals surface area contributed by atoms with Crippen LogP contribution in [0.1, 0.15) is 36.1 Å². The van der Waals surface area contributed by atoms with Crippen LogP contribution in [-0.4, -0.2) is 32.1 Å². The van der Waals surface area contributed by atoms with E-state index in [1.54, 1.807) is 26.1 Å². The van der Waals surface area contributed by atoms with Crippen LogP contribution in [-0.2, 0) is 11.2 Å². The molecule has 162 valence electrons. The third kappa shape index (κ3) is 6.32. The molecule has 0 aliphatic carbocycles. The highest BCUT2D eigenvalue weighted by atomic mass is 127. The van der Waals surface area contributed by atoms with E-state index >= 15 is 0 Å². The summed E-state index contributed by atoms with van der Waals surface area (Å²) in [5.74, 6) is 1.23. The Morgan fingerprint density at radius 2 is 2.07 bits per heavy atom. The average molecular weight is 526 g/mol. The molecule has 2 aromatic carbocycles. The Hall–Kier alpha value is -2.36. The number of carbonyl (C=O) groups excluding carboxylic acids is 1. The van der Waals surface area contributed by atoms with E-state index in [0.29, 0.717) is 31.1 Å². The van der Waals surface area contributed by atoms with Crippen LogP contribution in [0.3, 0.4) is 0 Å². The Morgan fingerprint density at radius 1 is 1.27 bits per heavy atom. The summed E-state index contributed by atoms with van der Waals surface area (Å²) in [5, 5.41) is 9.31. The smallest absolute Gasteiger partial charge is 0.224 e. The van der Waals surface area contributed by atoms with Crippen molar-refractivity contribution >= 4 is 41.5 Å². The second-order valence-electron chi connectivity index (χ2n) is 7.09. The number of carbonyl (C=O) groups is 1. The van der Waals surface area contributed by atoms with Crippen LogP contribution in [0.25, 0.3) is 0 Å². The number of hydrogen-bond acceptors (Lipinski definition) is 3. The summed E-state index contributed by atoms with van der Waals surface area (Å²) in [5.41, 5.74) is 3.43. The Morgan fingerprint density at radius 3 is 2.80 bits per heavy atom. The Kier molecular flexibility index (Phi) is 8.88. The van der Waals surface area contributed by atoms with Crippen molar-refractivity contribution < 1.29 is 13.9 Å². The van der Waals surface area contributed by atoms with Crippen molar-refractivity contribution in [2.24, 2.45) is 4.99 Å². The quantitative estimate of drug-likeness (QED) is 0.231. The second kappa shape index (κ2) is 11.1. The number of benzene rings is 2. The Balaban J connectivity index is 0.00000320. The molecule has 0 spiro atoms. The number of nitrogens with one attached hydrogen (secondary N) is 3. The van der Waals surface area contributed by atoms with Gasteiger partial charge < -0.3 is 20.7 Å². The van der Waals surface area contributed by atoms with Crippen LogP contribution in [0.5, 0.6) is 5.75 Å². The largest absolute Gasteiger partial charge is 0.492 e. The molecule has 0 bridgehead atoms. The molecule has 6 nitrogen and oxygen atoms in total. The van der Waals surface area contributed by atoms with Crippen molar-refractivity contribution in [1.29, 1.82) is 0 Å². The van der Waals surface area contributed by atoms with Crippen LogP contribution in [0, 0.1) is 12.7 Å². The molecule has 8 heteroatoms. The molecule has 1 atom stereocenters. The number of hydrogen-bond donors (Lipinski definition) is 3. The van der Waals surface area contributed by atoms with Gasteiger partial charge in [0, 0.05) is 19.2 Å². The maximum absolute atomic E-state index is 13.8. The van der Waals surface area contributed by atoms with Gasteiger partial charge in [0.2, 0.25) is 5.91 Å². The minimum atomic E-state index is -0.211.